The Labute approximate surface area is 73.7 Å². The van der Waals surface area contributed by atoms with Crippen LogP contribution in [-0.2, 0) is 4.79 Å². The molecular weight excluding hydrogens is 185 g/mol. The molecular formula is C8H11F3O2. The van der Waals surface area contributed by atoms with Crippen molar-refractivity contribution in [3.63, 3.8) is 0 Å². The van der Waals surface area contributed by atoms with Crippen LogP contribution in [0.4, 0.5) is 13.2 Å². The van der Waals surface area contributed by atoms with Crippen LogP contribution >= 0.6 is 0 Å². The first-order valence-electron chi connectivity index (χ1n) is 4.12. The smallest absolute Gasteiger partial charge is 0.389 e. The van der Waals surface area contributed by atoms with Crippen molar-refractivity contribution in [2.75, 3.05) is 0 Å². The van der Waals surface area contributed by atoms with Crippen molar-refractivity contribution in [3.8, 4) is 0 Å². The Morgan fingerprint density at radius 1 is 1.38 bits per heavy atom. The molecule has 2 nitrogen and oxygen atoms in total. The Morgan fingerprint density at radius 2 is 1.92 bits per heavy atom. The quantitative estimate of drug-likeness (QED) is 0.753. The molecule has 0 atom stereocenters. The van der Waals surface area contributed by atoms with Crippen molar-refractivity contribution in [2.24, 2.45) is 5.41 Å². The highest BCUT2D eigenvalue weighted by Crippen LogP contribution is 2.50. The minimum absolute atomic E-state index is 0.355. The molecule has 13 heavy (non-hydrogen) atoms. The van der Waals surface area contributed by atoms with Crippen LogP contribution in [0.1, 0.15) is 32.1 Å². The lowest BCUT2D eigenvalue weighted by molar-refractivity contribution is -0.175. The Hall–Kier alpha value is -0.740. The number of halogens is 3. The fourth-order valence-electron chi connectivity index (χ4n) is 1.84. The maximum absolute atomic E-state index is 12.0. The van der Waals surface area contributed by atoms with E-state index < -0.39 is 24.0 Å². The molecule has 0 amide bonds. The van der Waals surface area contributed by atoms with E-state index >= 15 is 0 Å². The van der Waals surface area contributed by atoms with Crippen LogP contribution in [0.3, 0.4) is 0 Å². The maximum Gasteiger partial charge on any atom is 0.389 e. The maximum atomic E-state index is 12.0. The number of hydrogen-bond acceptors (Lipinski definition) is 1. The van der Waals surface area contributed by atoms with Gasteiger partial charge < -0.3 is 5.11 Å². The van der Waals surface area contributed by atoms with E-state index in [4.69, 9.17) is 5.11 Å². The number of rotatable bonds is 3. The molecule has 0 radical (unpaired) electrons. The summed E-state index contributed by atoms with van der Waals surface area (Å²) in [4.78, 5) is 10.3. The van der Waals surface area contributed by atoms with Crippen molar-refractivity contribution in [1.82, 2.24) is 0 Å². The zero-order valence-electron chi connectivity index (χ0n) is 7.02. The summed E-state index contributed by atoms with van der Waals surface area (Å²) < 4.78 is 36.1. The summed E-state index contributed by atoms with van der Waals surface area (Å²) in [6.07, 6.45) is -4.06. The van der Waals surface area contributed by atoms with Crippen LogP contribution in [0, 0.1) is 5.41 Å². The van der Waals surface area contributed by atoms with E-state index in [1.165, 1.54) is 0 Å². The molecule has 0 saturated heterocycles. The molecule has 1 saturated carbocycles. The molecule has 1 aliphatic rings. The highest BCUT2D eigenvalue weighted by Gasteiger charge is 2.47. The third-order valence-electron chi connectivity index (χ3n) is 2.52. The molecule has 0 aliphatic heterocycles. The number of aliphatic carboxylic acids is 1. The first kappa shape index (κ1) is 10.3. The number of carboxylic acids is 1. The van der Waals surface area contributed by atoms with Crippen molar-refractivity contribution in [3.05, 3.63) is 0 Å². The lowest BCUT2D eigenvalue weighted by Gasteiger charge is -2.41. The average molecular weight is 196 g/mol. The van der Waals surface area contributed by atoms with E-state index in [2.05, 4.69) is 0 Å². The van der Waals surface area contributed by atoms with Gasteiger partial charge in [0.05, 0.1) is 6.42 Å². The molecule has 1 N–H and O–H groups in total. The van der Waals surface area contributed by atoms with Gasteiger partial charge in [0, 0.05) is 6.42 Å². The zero-order valence-corrected chi connectivity index (χ0v) is 7.02. The lowest BCUT2D eigenvalue weighted by atomic mass is 9.64. The summed E-state index contributed by atoms with van der Waals surface area (Å²) >= 11 is 0. The Kier molecular flexibility index (Phi) is 2.54. The molecule has 0 heterocycles. The van der Waals surface area contributed by atoms with Gasteiger partial charge in [-0.15, -0.1) is 0 Å². The van der Waals surface area contributed by atoms with Gasteiger partial charge in [-0.25, -0.2) is 0 Å². The van der Waals surface area contributed by atoms with E-state index in [0.29, 0.717) is 19.3 Å². The van der Waals surface area contributed by atoms with Gasteiger partial charge in [-0.05, 0) is 18.3 Å². The molecule has 1 aliphatic carbocycles. The van der Waals surface area contributed by atoms with E-state index in [1.807, 2.05) is 0 Å². The molecule has 0 unspecified atom stereocenters. The number of carboxylic acid groups (broad SMARTS) is 1. The van der Waals surface area contributed by atoms with Crippen LogP contribution in [0.25, 0.3) is 0 Å². The standard InChI is InChI=1S/C8H11F3O2/c9-8(10,11)5-7(2-1-3-7)4-6(12)13/h1-5H2,(H,12,13). The summed E-state index contributed by atoms with van der Waals surface area (Å²) in [7, 11) is 0. The highest BCUT2D eigenvalue weighted by atomic mass is 19.4. The average Bonchev–Trinajstić information content (AvgIpc) is 1.78. The number of hydrogen-bond donors (Lipinski definition) is 1. The first-order valence-corrected chi connectivity index (χ1v) is 4.12. The third kappa shape index (κ3) is 2.90. The largest absolute Gasteiger partial charge is 0.481 e. The van der Waals surface area contributed by atoms with Crippen molar-refractivity contribution in [2.45, 2.75) is 38.3 Å². The van der Waals surface area contributed by atoms with Gasteiger partial charge in [-0.3, -0.25) is 4.79 Å². The summed E-state index contributed by atoms with van der Waals surface area (Å²) in [6, 6.07) is 0. The third-order valence-corrected chi connectivity index (χ3v) is 2.52. The van der Waals surface area contributed by atoms with Gasteiger partial charge in [0.15, 0.2) is 0 Å². The van der Waals surface area contributed by atoms with Crippen LogP contribution in [0.5, 0.6) is 0 Å². The Bertz CT molecular complexity index is 206. The van der Waals surface area contributed by atoms with Gasteiger partial charge in [0.2, 0.25) is 0 Å². The van der Waals surface area contributed by atoms with E-state index in [9.17, 15) is 18.0 Å². The van der Waals surface area contributed by atoms with Gasteiger partial charge >= 0.3 is 12.1 Å². The van der Waals surface area contributed by atoms with Crippen molar-refractivity contribution < 1.29 is 23.1 Å². The molecule has 0 aromatic carbocycles. The molecule has 1 fully saturated rings. The Morgan fingerprint density at radius 3 is 2.15 bits per heavy atom. The normalized spacial score (nSPS) is 20.8. The Balaban J connectivity index is 2.55. The summed E-state index contributed by atoms with van der Waals surface area (Å²) in [5.74, 6) is -1.14. The minimum atomic E-state index is -4.24. The molecule has 0 spiro atoms. The monoisotopic (exact) mass is 196 g/mol. The van der Waals surface area contributed by atoms with E-state index in [-0.39, 0.29) is 6.42 Å². The van der Waals surface area contributed by atoms with Crippen molar-refractivity contribution >= 4 is 5.97 Å². The molecule has 76 valence electrons. The highest BCUT2D eigenvalue weighted by molar-refractivity contribution is 5.67. The second-order valence-corrected chi connectivity index (χ2v) is 3.72. The summed E-state index contributed by atoms with van der Waals surface area (Å²) in [6.45, 7) is 0. The summed E-state index contributed by atoms with van der Waals surface area (Å²) in [5, 5.41) is 8.44. The van der Waals surface area contributed by atoms with Crippen LogP contribution in [-0.4, -0.2) is 17.3 Å². The van der Waals surface area contributed by atoms with Crippen LogP contribution in [0.2, 0.25) is 0 Å². The van der Waals surface area contributed by atoms with Crippen LogP contribution < -0.4 is 0 Å². The second-order valence-electron chi connectivity index (χ2n) is 3.72. The van der Waals surface area contributed by atoms with Crippen molar-refractivity contribution in [1.29, 1.82) is 0 Å². The topological polar surface area (TPSA) is 37.3 Å². The molecule has 1 rings (SSSR count). The molecule has 0 aromatic heterocycles. The fraction of sp³-hybridized carbons (Fsp3) is 0.875. The van der Waals surface area contributed by atoms with Gasteiger partial charge in [0.1, 0.15) is 0 Å². The summed E-state index contributed by atoms with van der Waals surface area (Å²) in [5.41, 5.74) is -0.996. The number of alkyl halides is 3. The zero-order chi connectivity index (χ0) is 10.1. The molecule has 5 heteroatoms. The lowest BCUT2D eigenvalue weighted by Crippen LogP contribution is -2.36. The predicted octanol–water partition coefficient (Wildman–Crippen LogP) is 2.58. The van der Waals surface area contributed by atoms with Gasteiger partial charge in [-0.1, -0.05) is 6.42 Å². The SMILES string of the molecule is O=C(O)CC1(CC(F)(F)F)CCC1. The van der Waals surface area contributed by atoms with Gasteiger partial charge in [0.25, 0.3) is 0 Å². The molecule has 0 bridgehead atoms. The minimum Gasteiger partial charge on any atom is -0.481 e. The predicted molar refractivity (Wildman–Crippen MR) is 39.2 cm³/mol. The first-order chi connectivity index (χ1) is 5.83. The fourth-order valence-corrected chi connectivity index (χ4v) is 1.84. The van der Waals surface area contributed by atoms with E-state index in [1.54, 1.807) is 0 Å². The number of carbonyl (C=O) groups is 1. The van der Waals surface area contributed by atoms with Gasteiger partial charge in [-0.2, -0.15) is 13.2 Å². The van der Waals surface area contributed by atoms with E-state index in [0.717, 1.165) is 0 Å². The second kappa shape index (κ2) is 3.20. The van der Waals surface area contributed by atoms with Crippen LogP contribution in [0.15, 0.2) is 0 Å². The molecule has 0 aromatic rings.